The van der Waals surface area contributed by atoms with Crippen LogP contribution in [0.5, 0.6) is 0 Å². The maximum Gasteiger partial charge on any atom is 0.228 e. The molecule has 0 fully saturated rings. The van der Waals surface area contributed by atoms with Gasteiger partial charge in [0.05, 0.1) is 17.1 Å². The first-order valence-corrected chi connectivity index (χ1v) is 9.84. The average Bonchev–Trinajstić information content (AvgIpc) is 3.11. The summed E-state index contributed by atoms with van der Waals surface area (Å²) in [6.45, 7) is 4.52. The van der Waals surface area contributed by atoms with Crippen LogP contribution < -0.4 is 5.32 Å². The number of fused-ring (bicyclic) bond motifs is 1. The number of nitrogens with one attached hydrogen (secondary N) is 1. The molecule has 0 atom stereocenters. The van der Waals surface area contributed by atoms with Gasteiger partial charge >= 0.3 is 0 Å². The van der Waals surface area contributed by atoms with Crippen LogP contribution in [0.1, 0.15) is 42.1 Å². The molecule has 3 aromatic rings. The maximum absolute atomic E-state index is 12.5. The van der Waals surface area contributed by atoms with Crippen molar-refractivity contribution in [3.05, 3.63) is 46.1 Å². The molecule has 3 heterocycles. The van der Waals surface area contributed by atoms with Crippen LogP contribution in [-0.2, 0) is 24.2 Å². The van der Waals surface area contributed by atoms with Crippen LogP contribution in [-0.4, -0.2) is 25.8 Å². The number of aromatic nitrogens is 4. The highest BCUT2D eigenvalue weighted by Gasteiger charge is 2.19. The number of anilines is 1. The quantitative estimate of drug-likeness (QED) is 0.713. The molecule has 0 saturated carbocycles. The van der Waals surface area contributed by atoms with E-state index in [2.05, 4.69) is 25.2 Å². The molecule has 1 N–H and O–H groups in total. The second kappa shape index (κ2) is 7.75. The molecular formula is C20H22ClN5O2. The van der Waals surface area contributed by atoms with E-state index in [4.69, 9.17) is 16.1 Å². The van der Waals surface area contributed by atoms with Gasteiger partial charge in [0.15, 0.2) is 5.82 Å². The number of hydrogen-bond donors (Lipinski definition) is 1. The Balaban J connectivity index is 1.58. The second-order valence-electron chi connectivity index (χ2n) is 7.12. The third-order valence-electron chi connectivity index (χ3n) is 5.12. The van der Waals surface area contributed by atoms with Gasteiger partial charge < -0.3 is 14.4 Å². The summed E-state index contributed by atoms with van der Waals surface area (Å²) in [7, 11) is 0. The Morgan fingerprint density at radius 3 is 2.89 bits per heavy atom. The number of amides is 1. The van der Waals surface area contributed by atoms with E-state index >= 15 is 0 Å². The first-order valence-electron chi connectivity index (χ1n) is 9.46. The minimum Gasteiger partial charge on any atom is -0.361 e. The molecule has 0 spiro atoms. The van der Waals surface area contributed by atoms with Gasteiger partial charge in [-0.25, -0.2) is 0 Å². The smallest absolute Gasteiger partial charge is 0.228 e. The lowest BCUT2D eigenvalue weighted by Crippen LogP contribution is -2.15. The van der Waals surface area contributed by atoms with Gasteiger partial charge in [-0.2, -0.15) is 0 Å². The highest BCUT2D eigenvalue weighted by atomic mass is 35.5. The molecule has 0 saturated heterocycles. The van der Waals surface area contributed by atoms with Crippen molar-refractivity contribution >= 4 is 23.2 Å². The van der Waals surface area contributed by atoms with Gasteiger partial charge in [0.2, 0.25) is 5.91 Å². The summed E-state index contributed by atoms with van der Waals surface area (Å²) >= 11 is 6.45. The number of carbonyl (C=O) groups excluding carboxylic acids is 1. The standard InChI is InChI=1S/C20H22ClN5O2/c1-12-15(13(2)28-25-12)11-19(27)22-14-7-8-17(21)16(10-14)20-24-23-18-6-4-3-5-9-26(18)20/h7-8,10H,3-6,9,11H2,1-2H3,(H,22,27). The molecular weight excluding hydrogens is 378 g/mol. The Kier molecular flexibility index (Phi) is 5.17. The predicted molar refractivity (Wildman–Crippen MR) is 106 cm³/mol. The zero-order valence-electron chi connectivity index (χ0n) is 16.0. The van der Waals surface area contributed by atoms with Gasteiger partial charge in [-0.15, -0.1) is 10.2 Å². The summed E-state index contributed by atoms with van der Waals surface area (Å²) in [6.07, 6.45) is 4.56. The van der Waals surface area contributed by atoms with Crippen LogP contribution >= 0.6 is 11.6 Å². The monoisotopic (exact) mass is 399 g/mol. The number of rotatable bonds is 4. The molecule has 1 amide bonds. The number of hydrogen-bond acceptors (Lipinski definition) is 5. The zero-order chi connectivity index (χ0) is 19.7. The van der Waals surface area contributed by atoms with Crippen molar-refractivity contribution in [2.75, 3.05) is 5.32 Å². The highest BCUT2D eigenvalue weighted by molar-refractivity contribution is 6.33. The van der Waals surface area contributed by atoms with Crippen molar-refractivity contribution in [2.24, 2.45) is 0 Å². The van der Waals surface area contributed by atoms with E-state index in [1.807, 2.05) is 13.0 Å². The zero-order valence-corrected chi connectivity index (χ0v) is 16.7. The van der Waals surface area contributed by atoms with Crippen LogP contribution in [0.15, 0.2) is 22.7 Å². The van der Waals surface area contributed by atoms with Gasteiger partial charge in [-0.05, 0) is 44.9 Å². The van der Waals surface area contributed by atoms with Crippen molar-refractivity contribution in [1.29, 1.82) is 0 Å². The Bertz CT molecular complexity index is 1000. The number of benzene rings is 1. The summed E-state index contributed by atoms with van der Waals surface area (Å²) in [6, 6.07) is 5.42. The van der Waals surface area contributed by atoms with Crippen molar-refractivity contribution in [2.45, 2.75) is 52.5 Å². The molecule has 2 aromatic heterocycles. The largest absolute Gasteiger partial charge is 0.361 e. The molecule has 0 radical (unpaired) electrons. The van der Waals surface area contributed by atoms with E-state index in [-0.39, 0.29) is 12.3 Å². The minimum atomic E-state index is -0.136. The molecule has 8 heteroatoms. The van der Waals surface area contributed by atoms with Gasteiger partial charge in [0.25, 0.3) is 0 Å². The van der Waals surface area contributed by atoms with E-state index in [1.165, 1.54) is 6.42 Å². The number of aryl methyl sites for hydroxylation is 3. The third-order valence-corrected chi connectivity index (χ3v) is 5.45. The van der Waals surface area contributed by atoms with E-state index in [1.54, 1.807) is 19.1 Å². The fourth-order valence-electron chi connectivity index (χ4n) is 3.58. The summed E-state index contributed by atoms with van der Waals surface area (Å²) in [5.41, 5.74) is 2.99. The fraction of sp³-hybridized carbons (Fsp3) is 0.400. The molecule has 0 unspecified atom stereocenters. The number of halogens is 1. The minimum absolute atomic E-state index is 0.136. The summed E-state index contributed by atoms with van der Waals surface area (Å²) < 4.78 is 7.27. The van der Waals surface area contributed by atoms with Gasteiger partial charge in [-0.3, -0.25) is 4.79 Å². The van der Waals surface area contributed by atoms with Crippen LogP contribution in [0.3, 0.4) is 0 Å². The SMILES string of the molecule is Cc1noc(C)c1CC(=O)Nc1ccc(Cl)c(-c2nnc3n2CCCCC3)c1. The van der Waals surface area contributed by atoms with Gasteiger partial charge in [0, 0.05) is 29.8 Å². The fourth-order valence-corrected chi connectivity index (χ4v) is 3.78. The average molecular weight is 400 g/mol. The lowest BCUT2D eigenvalue weighted by atomic mass is 10.1. The molecule has 1 aliphatic heterocycles. The Morgan fingerprint density at radius 1 is 1.25 bits per heavy atom. The normalized spacial score (nSPS) is 13.8. The van der Waals surface area contributed by atoms with Crippen molar-refractivity contribution in [3.63, 3.8) is 0 Å². The van der Waals surface area contributed by atoms with Crippen molar-refractivity contribution in [1.82, 2.24) is 19.9 Å². The van der Waals surface area contributed by atoms with Crippen LogP contribution in [0.2, 0.25) is 5.02 Å². The number of carbonyl (C=O) groups is 1. The van der Waals surface area contributed by atoms with E-state index < -0.39 is 0 Å². The summed E-state index contributed by atoms with van der Waals surface area (Å²) in [5, 5.41) is 16.1. The molecule has 28 heavy (non-hydrogen) atoms. The predicted octanol–water partition coefficient (Wildman–Crippen LogP) is 4.11. The lowest BCUT2D eigenvalue weighted by Gasteiger charge is -2.11. The summed E-state index contributed by atoms with van der Waals surface area (Å²) in [5.74, 6) is 2.28. The Hall–Kier alpha value is -2.67. The first-order chi connectivity index (χ1) is 13.5. The van der Waals surface area contributed by atoms with E-state index in [0.29, 0.717) is 16.5 Å². The van der Waals surface area contributed by atoms with E-state index in [9.17, 15) is 4.79 Å². The Morgan fingerprint density at radius 2 is 2.11 bits per heavy atom. The molecule has 1 aliphatic rings. The van der Waals surface area contributed by atoms with Gasteiger partial charge in [-0.1, -0.05) is 23.2 Å². The van der Waals surface area contributed by atoms with Crippen molar-refractivity contribution < 1.29 is 9.32 Å². The highest BCUT2D eigenvalue weighted by Crippen LogP contribution is 2.31. The van der Waals surface area contributed by atoms with Crippen LogP contribution in [0.25, 0.3) is 11.4 Å². The Labute approximate surface area is 168 Å². The molecule has 4 rings (SSSR count). The van der Waals surface area contributed by atoms with E-state index in [0.717, 1.165) is 54.3 Å². The maximum atomic E-state index is 12.5. The molecule has 0 bridgehead atoms. The molecule has 1 aromatic carbocycles. The summed E-state index contributed by atoms with van der Waals surface area (Å²) in [4.78, 5) is 12.5. The van der Waals surface area contributed by atoms with Crippen LogP contribution in [0, 0.1) is 13.8 Å². The van der Waals surface area contributed by atoms with Crippen molar-refractivity contribution in [3.8, 4) is 11.4 Å². The topological polar surface area (TPSA) is 85.8 Å². The molecule has 7 nitrogen and oxygen atoms in total. The van der Waals surface area contributed by atoms with Crippen LogP contribution in [0.4, 0.5) is 5.69 Å². The third kappa shape index (κ3) is 3.67. The second-order valence-corrected chi connectivity index (χ2v) is 7.53. The first kappa shape index (κ1) is 18.7. The van der Waals surface area contributed by atoms with Gasteiger partial charge in [0.1, 0.15) is 11.6 Å². The lowest BCUT2D eigenvalue weighted by molar-refractivity contribution is -0.115. The molecule has 0 aliphatic carbocycles. The number of nitrogens with zero attached hydrogens (tertiary/aromatic N) is 4. The molecule has 146 valence electrons.